The molecule has 1 atom stereocenters. The topological polar surface area (TPSA) is 96.4 Å². The van der Waals surface area contributed by atoms with Crippen molar-refractivity contribution in [1.29, 1.82) is 0 Å². The largest absolute Gasteiger partial charge is 0.302 e. The summed E-state index contributed by atoms with van der Waals surface area (Å²) >= 11 is 1.32. The molecule has 2 aromatic carbocycles. The number of amides is 1. The first kappa shape index (κ1) is 20.7. The van der Waals surface area contributed by atoms with E-state index in [1.807, 2.05) is 6.92 Å². The summed E-state index contributed by atoms with van der Waals surface area (Å²) in [5.74, 6) is 0.0185. The molecule has 2 heterocycles. The Labute approximate surface area is 181 Å². The van der Waals surface area contributed by atoms with Gasteiger partial charge in [-0.2, -0.15) is 0 Å². The van der Waals surface area contributed by atoms with Gasteiger partial charge in [-0.05, 0) is 36.8 Å². The fraction of sp³-hybridized carbons (Fsp3) is 0.200. The van der Waals surface area contributed by atoms with Gasteiger partial charge in [0.2, 0.25) is 5.91 Å². The van der Waals surface area contributed by atoms with Crippen LogP contribution in [0.2, 0.25) is 0 Å². The number of anilines is 2. The van der Waals surface area contributed by atoms with Crippen LogP contribution in [-0.4, -0.2) is 35.8 Å². The minimum absolute atomic E-state index is 0.155. The minimum Gasteiger partial charge on any atom is -0.302 e. The number of hydrogen-bond donors (Lipinski definition) is 1. The molecule has 10 heteroatoms. The summed E-state index contributed by atoms with van der Waals surface area (Å²) in [5, 5.41) is 3.16. The lowest BCUT2D eigenvalue weighted by atomic mass is 10.1. The van der Waals surface area contributed by atoms with Gasteiger partial charge in [-0.3, -0.25) is 13.3 Å². The van der Waals surface area contributed by atoms with Crippen LogP contribution in [0.25, 0.3) is 10.4 Å². The van der Waals surface area contributed by atoms with Gasteiger partial charge in [-0.15, -0.1) is 0 Å². The molecule has 0 saturated carbocycles. The second-order valence-electron chi connectivity index (χ2n) is 6.74. The fourth-order valence-electron chi connectivity index (χ4n) is 3.28. The molecule has 1 aliphatic heterocycles. The van der Waals surface area contributed by atoms with Gasteiger partial charge in [0, 0.05) is 19.2 Å². The second kappa shape index (κ2) is 7.93. The average molecular weight is 462 g/mol. The van der Waals surface area contributed by atoms with Crippen LogP contribution in [0.5, 0.6) is 0 Å². The van der Waals surface area contributed by atoms with Crippen molar-refractivity contribution in [2.75, 3.05) is 21.9 Å². The predicted molar refractivity (Wildman–Crippen MR) is 119 cm³/mol. The van der Waals surface area contributed by atoms with Crippen molar-refractivity contribution in [2.45, 2.75) is 23.6 Å². The summed E-state index contributed by atoms with van der Waals surface area (Å²) in [6.07, 6.45) is 0. The third-order valence-electron chi connectivity index (χ3n) is 4.63. The molecule has 7 nitrogen and oxygen atoms in total. The molecule has 0 radical (unpaired) electrons. The zero-order chi connectivity index (χ0) is 21.5. The molecule has 30 heavy (non-hydrogen) atoms. The minimum atomic E-state index is -3.75. The molecule has 156 valence electrons. The third-order valence-corrected chi connectivity index (χ3v) is 8.95. The van der Waals surface area contributed by atoms with Gasteiger partial charge >= 0.3 is 0 Å². The molecule has 0 aliphatic carbocycles. The van der Waals surface area contributed by atoms with Gasteiger partial charge < -0.3 is 5.32 Å². The number of carbonyl (C=O) groups excluding carboxylic acids is 1. The Morgan fingerprint density at radius 1 is 1.20 bits per heavy atom. The highest BCUT2D eigenvalue weighted by molar-refractivity contribution is 7.93. The molecular formula is C20H19N3O4S3. The summed E-state index contributed by atoms with van der Waals surface area (Å²) in [6, 6.07) is 13.5. The van der Waals surface area contributed by atoms with Gasteiger partial charge in [0.15, 0.2) is 5.13 Å². The number of thiazole rings is 1. The molecule has 3 aromatic rings. The Hall–Kier alpha value is -2.56. The van der Waals surface area contributed by atoms with E-state index in [0.29, 0.717) is 15.7 Å². The van der Waals surface area contributed by atoms with E-state index in [1.54, 1.807) is 48.5 Å². The third kappa shape index (κ3) is 3.78. The first-order chi connectivity index (χ1) is 14.3. The summed E-state index contributed by atoms with van der Waals surface area (Å²) in [5.41, 5.74) is 1.95. The van der Waals surface area contributed by atoms with E-state index in [4.69, 9.17) is 0 Å². The number of rotatable bonds is 4. The highest BCUT2D eigenvalue weighted by Crippen LogP contribution is 2.39. The molecule has 0 bridgehead atoms. The molecule has 1 unspecified atom stereocenters. The lowest BCUT2D eigenvalue weighted by molar-refractivity contribution is -0.114. The van der Waals surface area contributed by atoms with Crippen LogP contribution in [0, 0.1) is 6.92 Å². The molecule has 4 rings (SSSR count). The number of nitrogens with zero attached hydrogens (tertiary/aromatic N) is 2. The summed E-state index contributed by atoms with van der Waals surface area (Å²) < 4.78 is 40.4. The zero-order valence-electron chi connectivity index (χ0n) is 16.3. The SMILES string of the molecule is CC(=O)Nc1nc(C)c(-c2ccc3c(c2)S(=O)CCN3S(=O)(=O)c2ccccc2)s1. The number of benzene rings is 2. The first-order valence-corrected chi connectivity index (χ1v) is 12.7. The van der Waals surface area contributed by atoms with E-state index >= 15 is 0 Å². The van der Waals surface area contributed by atoms with E-state index in [9.17, 15) is 17.4 Å². The van der Waals surface area contributed by atoms with Crippen LogP contribution in [0.15, 0.2) is 58.3 Å². The van der Waals surface area contributed by atoms with Gasteiger partial charge in [-0.25, -0.2) is 13.4 Å². The van der Waals surface area contributed by atoms with Crippen molar-refractivity contribution < 1.29 is 17.4 Å². The maximum Gasteiger partial charge on any atom is 0.264 e. The van der Waals surface area contributed by atoms with E-state index in [0.717, 1.165) is 16.1 Å². The van der Waals surface area contributed by atoms with Crippen molar-refractivity contribution in [2.24, 2.45) is 0 Å². The molecule has 0 saturated heterocycles. The van der Waals surface area contributed by atoms with Crippen LogP contribution in [-0.2, 0) is 25.6 Å². The Balaban J connectivity index is 1.77. The summed E-state index contributed by atoms with van der Waals surface area (Å²) in [7, 11) is -5.06. The van der Waals surface area contributed by atoms with Crippen LogP contribution < -0.4 is 9.62 Å². The van der Waals surface area contributed by atoms with Crippen LogP contribution in [0.1, 0.15) is 12.6 Å². The van der Waals surface area contributed by atoms with Crippen molar-refractivity contribution >= 4 is 48.9 Å². The average Bonchev–Trinajstić information content (AvgIpc) is 3.08. The predicted octanol–water partition coefficient (Wildman–Crippen LogP) is 3.39. The quantitative estimate of drug-likeness (QED) is 0.642. The molecular weight excluding hydrogens is 442 g/mol. The lowest BCUT2D eigenvalue weighted by Crippen LogP contribution is -2.38. The fourth-order valence-corrected chi connectivity index (χ4v) is 7.20. The maximum absolute atomic E-state index is 13.2. The van der Waals surface area contributed by atoms with Crippen molar-refractivity contribution in [1.82, 2.24) is 4.98 Å². The van der Waals surface area contributed by atoms with Crippen LogP contribution >= 0.6 is 11.3 Å². The number of carbonyl (C=O) groups is 1. The molecule has 1 amide bonds. The number of aryl methyl sites for hydroxylation is 1. The monoisotopic (exact) mass is 461 g/mol. The van der Waals surface area contributed by atoms with Gasteiger partial charge in [0.1, 0.15) is 0 Å². The first-order valence-electron chi connectivity index (χ1n) is 9.13. The molecule has 0 spiro atoms. The lowest BCUT2D eigenvalue weighted by Gasteiger charge is -2.30. The zero-order valence-corrected chi connectivity index (χ0v) is 18.7. The Kier molecular flexibility index (Phi) is 5.48. The number of aromatic nitrogens is 1. The van der Waals surface area contributed by atoms with E-state index in [2.05, 4.69) is 10.3 Å². The van der Waals surface area contributed by atoms with Crippen LogP contribution in [0.4, 0.5) is 10.8 Å². The maximum atomic E-state index is 13.2. The second-order valence-corrected chi connectivity index (χ2v) is 11.1. The van der Waals surface area contributed by atoms with Crippen molar-refractivity contribution in [3.63, 3.8) is 0 Å². The number of sulfonamides is 1. The Morgan fingerprint density at radius 3 is 2.63 bits per heavy atom. The summed E-state index contributed by atoms with van der Waals surface area (Å²) in [6.45, 7) is 3.41. The van der Waals surface area contributed by atoms with Gasteiger partial charge in [0.25, 0.3) is 10.0 Å². The highest BCUT2D eigenvalue weighted by atomic mass is 32.2. The normalized spacial score (nSPS) is 16.2. The molecule has 1 aliphatic rings. The van der Waals surface area contributed by atoms with E-state index in [1.165, 1.54) is 22.6 Å². The Morgan fingerprint density at radius 2 is 1.93 bits per heavy atom. The smallest absolute Gasteiger partial charge is 0.264 e. The van der Waals surface area contributed by atoms with E-state index in [-0.39, 0.29) is 23.1 Å². The molecule has 0 fully saturated rings. The number of hydrogen-bond acceptors (Lipinski definition) is 6. The Bertz CT molecular complexity index is 1250. The van der Waals surface area contributed by atoms with E-state index < -0.39 is 20.8 Å². The molecule has 1 aromatic heterocycles. The van der Waals surface area contributed by atoms with Crippen molar-refractivity contribution in [3.8, 4) is 10.4 Å². The molecule has 1 N–H and O–H groups in total. The van der Waals surface area contributed by atoms with Gasteiger partial charge in [0.05, 0.1) is 36.8 Å². The number of fused-ring (bicyclic) bond motifs is 1. The highest BCUT2D eigenvalue weighted by Gasteiger charge is 2.32. The number of nitrogens with one attached hydrogen (secondary N) is 1. The standard InChI is InChI=1S/C20H19N3O4S3/c1-13-19(28-20(21-13)22-14(2)24)15-8-9-17-18(12-15)29(25)11-10-23(17)30(26,27)16-6-4-3-5-7-16/h3-9,12H,10-11H2,1-2H3,(H,21,22,24). The van der Waals surface area contributed by atoms with Crippen molar-refractivity contribution in [3.05, 3.63) is 54.2 Å². The van der Waals surface area contributed by atoms with Gasteiger partial charge in [-0.1, -0.05) is 35.6 Å². The summed E-state index contributed by atoms with van der Waals surface area (Å²) in [4.78, 5) is 17.2. The van der Waals surface area contributed by atoms with Crippen LogP contribution in [0.3, 0.4) is 0 Å².